The number of hydrogen-bond acceptors (Lipinski definition) is 10. The second kappa shape index (κ2) is 19.7. The average molecular weight is 1010 g/mol. The lowest BCUT2D eigenvalue weighted by molar-refractivity contribution is 0.0619. The smallest absolute Gasteiger partial charge is 0.206 e. The Morgan fingerprint density at radius 3 is 1.28 bits per heavy atom. The first-order valence-corrected chi connectivity index (χ1v) is 25.8. The van der Waals surface area contributed by atoms with Crippen LogP contribution in [0.25, 0.3) is 0 Å². The van der Waals surface area contributed by atoms with Crippen molar-refractivity contribution in [1.82, 2.24) is 0 Å². The molecule has 1 atom stereocenters. The van der Waals surface area contributed by atoms with E-state index in [-0.39, 0.29) is 26.2 Å². The molecule has 0 spiro atoms. The van der Waals surface area contributed by atoms with E-state index in [1.807, 2.05) is 99.6 Å². The summed E-state index contributed by atoms with van der Waals surface area (Å²) in [7, 11) is -3.85. The third-order valence-electron chi connectivity index (χ3n) is 14.3. The van der Waals surface area contributed by atoms with Crippen molar-refractivity contribution in [1.29, 1.82) is 21.0 Å². The topological polar surface area (TPSA) is 166 Å². The molecule has 0 heterocycles. The van der Waals surface area contributed by atoms with Crippen LogP contribution in [0.2, 0.25) is 0 Å². The molecule has 0 amide bonds. The van der Waals surface area contributed by atoms with Crippen molar-refractivity contribution < 1.29 is 27.4 Å². The molecule has 11 heteroatoms. The van der Waals surface area contributed by atoms with Gasteiger partial charge in [0, 0.05) is 17.3 Å². The first kappa shape index (κ1) is 50.8. The van der Waals surface area contributed by atoms with Crippen molar-refractivity contribution in [3.8, 4) is 58.8 Å². The van der Waals surface area contributed by atoms with Gasteiger partial charge in [0.05, 0.1) is 32.0 Å². The number of nitriles is 4. The van der Waals surface area contributed by atoms with Crippen LogP contribution in [-0.4, -0.2) is 8.42 Å². The largest absolute Gasteiger partial charge is 0.483 e. The Hall–Kier alpha value is -9.13. The summed E-state index contributed by atoms with van der Waals surface area (Å²) in [6.45, 7) is 14.6. The van der Waals surface area contributed by atoms with E-state index in [9.17, 15) is 29.5 Å². The monoisotopic (exact) mass is 1000 g/mol. The molecule has 8 aromatic rings. The Labute approximate surface area is 438 Å². The van der Waals surface area contributed by atoms with Crippen LogP contribution in [0.5, 0.6) is 34.5 Å². The van der Waals surface area contributed by atoms with Crippen LogP contribution in [0, 0.1) is 45.3 Å². The minimum atomic E-state index is -3.85. The van der Waals surface area contributed by atoms with Crippen molar-refractivity contribution in [3.63, 3.8) is 0 Å². The molecule has 0 aliphatic heterocycles. The highest BCUT2D eigenvalue weighted by atomic mass is 32.2. The SMILES string of the molecule is CC(C)(Oc1ccc(S(=O)(=O)c2ccc(Oc3ccc(C(C)(C)c4ccc5c(c4)CC5(C)Oc4ccc(C#N)c(C#N)c4)cc3)cc2)cc1)c1ccc(C(C)(C)c2ccc(Oc3ccc(C#N)c(C#N)c3)cc2)cc1. The summed E-state index contributed by atoms with van der Waals surface area (Å²) in [6.07, 6.45) is 0.703. The summed E-state index contributed by atoms with van der Waals surface area (Å²) in [5, 5.41) is 37.4. The molecule has 1 aliphatic rings. The summed E-state index contributed by atoms with van der Waals surface area (Å²) in [5.74, 6) is 3.28. The van der Waals surface area contributed by atoms with E-state index < -0.39 is 21.0 Å². The fraction of sp³-hybridized carbons (Fsp3) is 0.188. The fourth-order valence-electron chi connectivity index (χ4n) is 9.54. The third-order valence-corrected chi connectivity index (χ3v) is 16.1. The van der Waals surface area contributed by atoms with Crippen LogP contribution in [0.4, 0.5) is 0 Å². The molecule has 0 N–H and O–H groups in total. The molecular formula is C64H52N4O6S. The quantitative estimate of drug-likeness (QED) is 0.0964. The van der Waals surface area contributed by atoms with E-state index in [0.29, 0.717) is 57.6 Å². The zero-order valence-electron chi connectivity index (χ0n) is 42.6. The maximum Gasteiger partial charge on any atom is 0.206 e. The summed E-state index contributed by atoms with van der Waals surface area (Å²) in [5.41, 5.74) is 6.87. The van der Waals surface area contributed by atoms with Crippen molar-refractivity contribution in [3.05, 3.63) is 237 Å². The Morgan fingerprint density at radius 2 is 0.800 bits per heavy atom. The number of benzene rings is 8. The molecule has 9 rings (SSSR count). The summed E-state index contributed by atoms with van der Waals surface area (Å²) >= 11 is 0. The van der Waals surface area contributed by atoms with Gasteiger partial charge in [-0.1, -0.05) is 94.4 Å². The van der Waals surface area contributed by atoms with Crippen molar-refractivity contribution in [2.45, 2.75) is 86.7 Å². The van der Waals surface area contributed by atoms with Gasteiger partial charge in [0.2, 0.25) is 9.84 Å². The van der Waals surface area contributed by atoms with Gasteiger partial charge in [0.15, 0.2) is 0 Å². The molecule has 1 unspecified atom stereocenters. The van der Waals surface area contributed by atoms with Crippen LogP contribution in [0.15, 0.2) is 186 Å². The lowest BCUT2D eigenvalue weighted by Gasteiger charge is -2.42. The fourth-order valence-corrected chi connectivity index (χ4v) is 10.8. The van der Waals surface area contributed by atoms with Gasteiger partial charge in [-0.05, 0) is 169 Å². The molecule has 0 bridgehead atoms. The number of ether oxygens (including phenoxy) is 4. The molecule has 0 radical (unpaired) electrons. The lowest BCUT2D eigenvalue weighted by atomic mass is 9.70. The van der Waals surface area contributed by atoms with Gasteiger partial charge in [0.25, 0.3) is 0 Å². The molecule has 370 valence electrons. The van der Waals surface area contributed by atoms with Gasteiger partial charge >= 0.3 is 0 Å². The molecule has 0 saturated heterocycles. The molecule has 75 heavy (non-hydrogen) atoms. The molecule has 8 aromatic carbocycles. The van der Waals surface area contributed by atoms with Gasteiger partial charge in [-0.2, -0.15) is 21.0 Å². The lowest BCUT2D eigenvalue weighted by Crippen LogP contribution is -2.41. The predicted octanol–water partition coefficient (Wildman–Crippen LogP) is 14.4. The van der Waals surface area contributed by atoms with Crippen molar-refractivity contribution in [2.75, 3.05) is 0 Å². The number of sulfone groups is 1. The molecule has 0 aromatic heterocycles. The minimum Gasteiger partial charge on any atom is -0.483 e. The van der Waals surface area contributed by atoms with Crippen LogP contribution in [-0.2, 0) is 38.3 Å². The number of nitrogens with zero attached hydrogens (tertiary/aromatic N) is 4. The van der Waals surface area contributed by atoms with Gasteiger partial charge in [0.1, 0.15) is 70.0 Å². The minimum absolute atomic E-state index is 0.138. The second-order valence-electron chi connectivity index (χ2n) is 20.4. The van der Waals surface area contributed by atoms with E-state index in [1.54, 1.807) is 84.9 Å². The molecule has 10 nitrogen and oxygen atoms in total. The van der Waals surface area contributed by atoms with E-state index in [4.69, 9.17) is 18.9 Å². The first-order valence-electron chi connectivity index (χ1n) is 24.3. The Morgan fingerprint density at radius 1 is 0.427 bits per heavy atom. The van der Waals surface area contributed by atoms with Crippen LogP contribution >= 0.6 is 0 Å². The second-order valence-corrected chi connectivity index (χ2v) is 22.3. The summed E-state index contributed by atoms with van der Waals surface area (Å²) < 4.78 is 52.5. The molecular weight excluding hydrogens is 953 g/mol. The summed E-state index contributed by atoms with van der Waals surface area (Å²) in [4.78, 5) is 0.278. The van der Waals surface area contributed by atoms with Gasteiger partial charge in [-0.15, -0.1) is 0 Å². The number of rotatable bonds is 15. The van der Waals surface area contributed by atoms with Crippen LogP contribution in [0.1, 0.15) is 110 Å². The third kappa shape index (κ3) is 10.2. The van der Waals surface area contributed by atoms with E-state index in [1.165, 1.54) is 5.56 Å². The summed E-state index contributed by atoms with van der Waals surface area (Å²) in [6, 6.07) is 61.3. The maximum absolute atomic E-state index is 13.8. The molecule has 1 aliphatic carbocycles. The standard InChI is InChI=1S/C64H52N4O6S/c1-61(2,48-14-23-53(24-15-48)72-56-19-8-42(38-65)45(35-56)40-67)47-10-12-50(13-11-47)63(5,6)73-55-27-31-59(32-28-55)75(69,70)58-29-25-54(26-30-58)71-52-21-16-49(17-22-52)62(3,4)51-18-33-60-44(34-51)37-64(60,7)74-57-20-9-43(39-66)46(36-57)41-68/h8-36H,37H2,1-7H3. The number of fused-ring (bicyclic) bond motifs is 1. The number of hydrogen-bond donors (Lipinski definition) is 0. The predicted molar refractivity (Wildman–Crippen MR) is 286 cm³/mol. The van der Waals surface area contributed by atoms with Crippen molar-refractivity contribution >= 4 is 9.84 Å². The van der Waals surface area contributed by atoms with Gasteiger partial charge in [-0.25, -0.2) is 8.42 Å². The highest BCUT2D eigenvalue weighted by molar-refractivity contribution is 7.91. The Kier molecular flexibility index (Phi) is 13.3. The molecule has 0 fully saturated rings. The van der Waals surface area contributed by atoms with Crippen LogP contribution < -0.4 is 18.9 Å². The first-order chi connectivity index (χ1) is 35.8. The van der Waals surface area contributed by atoms with E-state index >= 15 is 0 Å². The van der Waals surface area contributed by atoms with Gasteiger partial charge in [-0.3, -0.25) is 0 Å². The van der Waals surface area contributed by atoms with E-state index in [2.05, 4.69) is 64.1 Å². The highest BCUT2D eigenvalue weighted by Gasteiger charge is 2.42. The molecule has 0 saturated carbocycles. The zero-order chi connectivity index (χ0) is 53.3. The maximum atomic E-state index is 13.8. The van der Waals surface area contributed by atoms with E-state index in [0.717, 1.165) is 33.4 Å². The average Bonchev–Trinajstić information content (AvgIpc) is 3.41. The van der Waals surface area contributed by atoms with Gasteiger partial charge < -0.3 is 18.9 Å². The normalized spacial score (nSPS) is 14.1. The van der Waals surface area contributed by atoms with Crippen LogP contribution in [0.3, 0.4) is 0 Å². The zero-order valence-corrected chi connectivity index (χ0v) is 43.4. The Bertz CT molecular complexity index is 3760. The van der Waals surface area contributed by atoms with Crippen molar-refractivity contribution in [2.24, 2.45) is 0 Å². The Balaban J connectivity index is 0.790. The highest BCUT2D eigenvalue weighted by Crippen LogP contribution is 2.46.